The fraction of sp³-hybridized carbons (Fsp3) is 0.250. The molecule has 0 atom stereocenters. The summed E-state index contributed by atoms with van der Waals surface area (Å²) in [5, 5.41) is 3.52. The monoisotopic (exact) mass is 223 g/mol. The fourth-order valence-electron chi connectivity index (χ4n) is 1.19. The molecule has 80 valence electrons. The molecule has 1 aromatic rings. The second-order valence-corrected chi connectivity index (χ2v) is 3.60. The summed E-state index contributed by atoms with van der Waals surface area (Å²) in [4.78, 5) is 11.1. The summed E-state index contributed by atoms with van der Waals surface area (Å²) in [6.45, 7) is 2.46. The van der Waals surface area contributed by atoms with E-state index in [0.717, 1.165) is 11.4 Å². The van der Waals surface area contributed by atoms with E-state index in [1.807, 2.05) is 31.2 Å². The summed E-state index contributed by atoms with van der Waals surface area (Å²) in [7, 11) is 0. The Hall–Kier alpha value is -1.28. The standard InChI is InChI=1S/C12H14ClNO/c1-2-3-12(15)14-9-8-10-4-6-11(13)7-5-10/h2-7H,8-9H2,1H3,(H,14,15). The Bertz CT molecular complexity index is 343. The zero-order chi connectivity index (χ0) is 11.1. The Morgan fingerprint density at radius 2 is 2.07 bits per heavy atom. The van der Waals surface area contributed by atoms with Gasteiger partial charge in [0.05, 0.1) is 0 Å². The molecule has 0 aliphatic carbocycles. The molecule has 0 heterocycles. The van der Waals surface area contributed by atoms with Gasteiger partial charge in [0.25, 0.3) is 0 Å². The molecule has 1 rings (SSSR count). The summed E-state index contributed by atoms with van der Waals surface area (Å²) in [5.74, 6) is -0.0496. The van der Waals surface area contributed by atoms with E-state index in [0.29, 0.717) is 6.54 Å². The van der Waals surface area contributed by atoms with Crippen molar-refractivity contribution in [3.05, 3.63) is 47.0 Å². The number of carbonyl (C=O) groups excluding carboxylic acids is 1. The molecule has 1 amide bonds. The Labute approximate surface area is 94.9 Å². The van der Waals surface area contributed by atoms with Gasteiger partial charge in [0.2, 0.25) is 5.91 Å². The van der Waals surface area contributed by atoms with Gasteiger partial charge in [0.15, 0.2) is 0 Å². The molecule has 0 saturated carbocycles. The van der Waals surface area contributed by atoms with Crippen LogP contribution >= 0.6 is 11.6 Å². The Morgan fingerprint density at radius 3 is 2.67 bits per heavy atom. The summed E-state index contributed by atoms with van der Waals surface area (Å²) in [6.07, 6.45) is 4.06. The molecular formula is C12H14ClNO. The average Bonchev–Trinajstić information content (AvgIpc) is 2.21. The molecule has 1 N–H and O–H groups in total. The van der Waals surface area contributed by atoms with E-state index in [-0.39, 0.29) is 5.91 Å². The highest BCUT2D eigenvalue weighted by atomic mass is 35.5. The largest absolute Gasteiger partial charge is 0.352 e. The van der Waals surface area contributed by atoms with Crippen LogP contribution in [0.5, 0.6) is 0 Å². The average molecular weight is 224 g/mol. The summed E-state index contributed by atoms with van der Waals surface area (Å²) in [5.41, 5.74) is 1.17. The van der Waals surface area contributed by atoms with Crippen LogP contribution in [-0.4, -0.2) is 12.5 Å². The topological polar surface area (TPSA) is 29.1 Å². The second-order valence-electron chi connectivity index (χ2n) is 3.17. The molecule has 0 bridgehead atoms. The molecule has 1 aromatic carbocycles. The van der Waals surface area contributed by atoms with Gasteiger partial charge in [-0.15, -0.1) is 0 Å². The zero-order valence-corrected chi connectivity index (χ0v) is 9.42. The molecule has 0 unspecified atom stereocenters. The normalized spacial score (nSPS) is 10.5. The number of hydrogen-bond acceptors (Lipinski definition) is 1. The maximum atomic E-state index is 11.1. The van der Waals surface area contributed by atoms with Crippen molar-refractivity contribution in [3.63, 3.8) is 0 Å². The first kappa shape index (κ1) is 11.8. The Balaban J connectivity index is 2.32. The first-order chi connectivity index (χ1) is 7.22. The molecule has 3 heteroatoms. The number of halogens is 1. The van der Waals surface area contributed by atoms with Crippen molar-refractivity contribution >= 4 is 17.5 Å². The predicted molar refractivity (Wildman–Crippen MR) is 63.0 cm³/mol. The van der Waals surface area contributed by atoms with Crippen LogP contribution in [0, 0.1) is 0 Å². The minimum Gasteiger partial charge on any atom is -0.352 e. The number of rotatable bonds is 4. The lowest BCUT2D eigenvalue weighted by atomic mass is 10.1. The van der Waals surface area contributed by atoms with Crippen LogP contribution in [0.4, 0.5) is 0 Å². The van der Waals surface area contributed by atoms with Crippen molar-refractivity contribution in [2.24, 2.45) is 0 Å². The first-order valence-electron chi connectivity index (χ1n) is 4.87. The lowest BCUT2D eigenvalue weighted by Crippen LogP contribution is -2.23. The molecule has 0 radical (unpaired) electrons. The molecule has 0 aromatic heterocycles. The number of carbonyl (C=O) groups is 1. The fourth-order valence-corrected chi connectivity index (χ4v) is 1.32. The lowest BCUT2D eigenvalue weighted by molar-refractivity contribution is -0.116. The summed E-state index contributed by atoms with van der Waals surface area (Å²) in [6, 6.07) is 7.63. The van der Waals surface area contributed by atoms with Crippen LogP contribution in [0.15, 0.2) is 36.4 Å². The SMILES string of the molecule is CC=CC(=O)NCCc1ccc(Cl)cc1. The molecule has 0 saturated heterocycles. The van der Waals surface area contributed by atoms with Gasteiger partial charge in [-0.25, -0.2) is 0 Å². The minimum atomic E-state index is -0.0496. The first-order valence-corrected chi connectivity index (χ1v) is 5.25. The van der Waals surface area contributed by atoms with Crippen LogP contribution in [0.1, 0.15) is 12.5 Å². The van der Waals surface area contributed by atoms with Crippen LogP contribution in [0.3, 0.4) is 0 Å². The number of nitrogens with one attached hydrogen (secondary N) is 1. The number of amides is 1. The Morgan fingerprint density at radius 1 is 1.40 bits per heavy atom. The number of allylic oxidation sites excluding steroid dienone is 1. The molecule has 0 aliphatic heterocycles. The van der Waals surface area contributed by atoms with E-state index in [1.54, 1.807) is 6.08 Å². The predicted octanol–water partition coefficient (Wildman–Crippen LogP) is 2.57. The molecule has 0 spiro atoms. The third kappa shape index (κ3) is 4.66. The molecule has 0 fully saturated rings. The highest BCUT2D eigenvalue weighted by Gasteiger charge is 1.95. The van der Waals surface area contributed by atoms with Crippen LogP contribution < -0.4 is 5.32 Å². The van der Waals surface area contributed by atoms with Gasteiger partial charge in [-0.2, -0.15) is 0 Å². The number of hydrogen-bond donors (Lipinski definition) is 1. The van der Waals surface area contributed by atoms with Crippen molar-refractivity contribution in [2.75, 3.05) is 6.54 Å². The Kier molecular flexibility index (Phi) is 4.91. The lowest BCUT2D eigenvalue weighted by Gasteiger charge is -2.02. The van der Waals surface area contributed by atoms with Gasteiger partial charge in [-0.05, 0) is 37.1 Å². The van der Waals surface area contributed by atoms with Gasteiger partial charge < -0.3 is 5.32 Å². The van der Waals surface area contributed by atoms with E-state index >= 15 is 0 Å². The maximum Gasteiger partial charge on any atom is 0.243 e. The van der Waals surface area contributed by atoms with Crippen LogP contribution in [0.2, 0.25) is 5.02 Å². The smallest absolute Gasteiger partial charge is 0.243 e. The molecular weight excluding hydrogens is 210 g/mol. The van der Waals surface area contributed by atoms with Crippen molar-refractivity contribution < 1.29 is 4.79 Å². The third-order valence-electron chi connectivity index (χ3n) is 1.94. The van der Waals surface area contributed by atoms with Gasteiger partial charge in [0, 0.05) is 11.6 Å². The third-order valence-corrected chi connectivity index (χ3v) is 2.20. The van der Waals surface area contributed by atoms with E-state index in [4.69, 9.17) is 11.6 Å². The highest BCUT2D eigenvalue weighted by Crippen LogP contribution is 2.09. The van der Waals surface area contributed by atoms with E-state index < -0.39 is 0 Å². The highest BCUT2D eigenvalue weighted by molar-refractivity contribution is 6.30. The van der Waals surface area contributed by atoms with Crippen molar-refractivity contribution in [1.82, 2.24) is 5.32 Å². The zero-order valence-electron chi connectivity index (χ0n) is 8.66. The van der Waals surface area contributed by atoms with Crippen LogP contribution in [-0.2, 0) is 11.2 Å². The number of benzene rings is 1. The van der Waals surface area contributed by atoms with Gasteiger partial charge in [-0.1, -0.05) is 29.8 Å². The van der Waals surface area contributed by atoms with Gasteiger partial charge in [-0.3, -0.25) is 4.79 Å². The second kappa shape index (κ2) is 6.25. The summed E-state index contributed by atoms with van der Waals surface area (Å²) >= 11 is 5.76. The van der Waals surface area contributed by atoms with Crippen molar-refractivity contribution in [1.29, 1.82) is 0 Å². The maximum absolute atomic E-state index is 11.1. The minimum absolute atomic E-state index is 0.0496. The quantitative estimate of drug-likeness (QED) is 0.782. The molecule has 15 heavy (non-hydrogen) atoms. The van der Waals surface area contributed by atoms with Crippen LogP contribution in [0.25, 0.3) is 0 Å². The van der Waals surface area contributed by atoms with Gasteiger partial charge in [0.1, 0.15) is 0 Å². The van der Waals surface area contributed by atoms with Gasteiger partial charge >= 0.3 is 0 Å². The molecule has 0 aliphatic rings. The van der Waals surface area contributed by atoms with E-state index in [2.05, 4.69) is 5.32 Å². The molecule has 2 nitrogen and oxygen atoms in total. The van der Waals surface area contributed by atoms with E-state index in [1.165, 1.54) is 11.6 Å². The van der Waals surface area contributed by atoms with Crippen molar-refractivity contribution in [2.45, 2.75) is 13.3 Å². The van der Waals surface area contributed by atoms with E-state index in [9.17, 15) is 4.79 Å². The van der Waals surface area contributed by atoms with Crippen molar-refractivity contribution in [3.8, 4) is 0 Å². The summed E-state index contributed by atoms with van der Waals surface area (Å²) < 4.78 is 0.